The zero-order valence-electron chi connectivity index (χ0n) is 13.9. The van der Waals surface area contributed by atoms with Gasteiger partial charge in [0, 0.05) is 18.7 Å². The highest BCUT2D eigenvalue weighted by molar-refractivity contribution is 7.18. The molecule has 1 N–H and O–H groups in total. The van der Waals surface area contributed by atoms with E-state index in [4.69, 9.17) is 0 Å². The molecule has 1 aromatic carbocycles. The van der Waals surface area contributed by atoms with Gasteiger partial charge in [-0.3, -0.25) is 4.79 Å². The van der Waals surface area contributed by atoms with Crippen molar-refractivity contribution >= 4 is 22.4 Å². The summed E-state index contributed by atoms with van der Waals surface area (Å²) in [6.07, 6.45) is 5.05. The summed E-state index contributed by atoms with van der Waals surface area (Å²) in [7, 11) is 0. The second-order valence-corrected chi connectivity index (χ2v) is 7.95. The highest BCUT2D eigenvalue weighted by Gasteiger charge is 2.45. The van der Waals surface area contributed by atoms with Gasteiger partial charge in [0.2, 0.25) is 11.0 Å². The Balaban J connectivity index is 1.36. The van der Waals surface area contributed by atoms with Crippen molar-refractivity contribution in [2.75, 3.05) is 18.4 Å². The Morgan fingerprint density at radius 1 is 1.17 bits per heavy atom. The lowest BCUT2D eigenvalue weighted by atomic mass is 9.93. The van der Waals surface area contributed by atoms with Crippen molar-refractivity contribution in [2.45, 2.75) is 38.6 Å². The van der Waals surface area contributed by atoms with Crippen LogP contribution in [0.25, 0.3) is 10.6 Å². The Morgan fingerprint density at radius 2 is 1.88 bits per heavy atom. The number of hydrogen-bond acceptors (Lipinski definition) is 5. The van der Waals surface area contributed by atoms with Crippen molar-refractivity contribution in [1.29, 1.82) is 0 Å². The topological polar surface area (TPSA) is 58.1 Å². The molecule has 126 valence electrons. The summed E-state index contributed by atoms with van der Waals surface area (Å²) in [4.78, 5) is 14.6. The molecule has 2 aromatic rings. The van der Waals surface area contributed by atoms with Gasteiger partial charge in [0.25, 0.3) is 0 Å². The Bertz CT molecular complexity index is 716. The number of aromatic nitrogens is 2. The Morgan fingerprint density at radius 3 is 2.54 bits per heavy atom. The van der Waals surface area contributed by atoms with E-state index < -0.39 is 0 Å². The third-order valence-electron chi connectivity index (χ3n) is 5.25. The minimum Gasteiger partial charge on any atom is -0.349 e. The molecule has 1 aliphatic heterocycles. The molecule has 1 aromatic heterocycles. The van der Waals surface area contributed by atoms with E-state index in [1.54, 1.807) is 0 Å². The molecular weight excluding hydrogens is 320 g/mol. The maximum absolute atomic E-state index is 12.6. The van der Waals surface area contributed by atoms with Gasteiger partial charge in [-0.05, 0) is 38.0 Å². The molecule has 4 rings (SSSR count). The fourth-order valence-corrected chi connectivity index (χ4v) is 4.21. The normalized spacial score (nSPS) is 20.0. The minimum absolute atomic E-state index is 0.168. The molecule has 6 heteroatoms. The van der Waals surface area contributed by atoms with Crippen LogP contribution in [0, 0.1) is 5.41 Å². The zero-order chi connectivity index (χ0) is 16.6. The summed E-state index contributed by atoms with van der Waals surface area (Å²) in [5.41, 5.74) is 1.64. The molecule has 0 radical (unpaired) electrons. The predicted octanol–water partition coefficient (Wildman–Crippen LogP) is 3.41. The number of piperidine rings is 1. The number of nitrogens with zero attached hydrogens (tertiary/aromatic N) is 3. The number of carbonyl (C=O) groups is 1. The monoisotopic (exact) mass is 342 g/mol. The van der Waals surface area contributed by atoms with Gasteiger partial charge >= 0.3 is 0 Å². The molecule has 1 amide bonds. The van der Waals surface area contributed by atoms with E-state index in [1.165, 1.54) is 37.0 Å². The first-order valence-electron chi connectivity index (χ1n) is 8.60. The summed E-state index contributed by atoms with van der Waals surface area (Å²) in [5, 5.41) is 13.2. The average molecular weight is 342 g/mol. The van der Waals surface area contributed by atoms with Gasteiger partial charge < -0.3 is 10.2 Å². The van der Waals surface area contributed by atoms with Crippen molar-refractivity contribution in [3.8, 4) is 10.6 Å². The van der Waals surface area contributed by atoms with Crippen LogP contribution in [0.1, 0.15) is 32.6 Å². The molecule has 5 nitrogen and oxygen atoms in total. The standard InChI is InChI=1S/C18H22N4OS/c1-13(16(23)22-11-9-18(7-8-18)10-12-22)19-17-21-20-15(24-17)14-5-3-2-4-6-14/h2-6,13H,7-12H2,1H3,(H,19,21)/t13-/m0/s1. The van der Waals surface area contributed by atoms with E-state index in [2.05, 4.69) is 15.5 Å². The molecule has 2 heterocycles. The van der Waals surface area contributed by atoms with Gasteiger partial charge in [-0.1, -0.05) is 41.7 Å². The smallest absolute Gasteiger partial charge is 0.244 e. The summed E-state index contributed by atoms with van der Waals surface area (Å²) < 4.78 is 0. The lowest BCUT2D eigenvalue weighted by Crippen LogP contribution is -2.45. The molecule has 1 saturated heterocycles. The highest BCUT2D eigenvalue weighted by Crippen LogP contribution is 2.53. The van der Waals surface area contributed by atoms with Gasteiger partial charge in [-0.25, -0.2) is 0 Å². The molecule has 0 unspecified atom stereocenters. The van der Waals surface area contributed by atoms with Crippen LogP contribution in [-0.2, 0) is 4.79 Å². The van der Waals surface area contributed by atoms with Crippen LogP contribution < -0.4 is 5.32 Å². The summed E-state index contributed by atoms with van der Waals surface area (Å²) in [6.45, 7) is 3.71. The van der Waals surface area contributed by atoms with Gasteiger partial charge in [-0.15, -0.1) is 10.2 Å². The maximum atomic E-state index is 12.6. The number of carbonyl (C=O) groups excluding carboxylic acids is 1. The molecule has 1 aliphatic carbocycles. The SMILES string of the molecule is C[C@H](Nc1nnc(-c2ccccc2)s1)C(=O)N1CCC2(CC1)CC2. The lowest BCUT2D eigenvalue weighted by Gasteiger charge is -2.33. The van der Waals surface area contributed by atoms with E-state index in [0.29, 0.717) is 10.5 Å². The number of benzene rings is 1. The largest absolute Gasteiger partial charge is 0.349 e. The van der Waals surface area contributed by atoms with Crippen LogP contribution in [0.5, 0.6) is 0 Å². The third kappa shape index (κ3) is 3.15. The number of amides is 1. The number of rotatable bonds is 4. The fraction of sp³-hybridized carbons (Fsp3) is 0.500. The van der Waals surface area contributed by atoms with E-state index >= 15 is 0 Å². The van der Waals surface area contributed by atoms with Crippen LogP contribution in [-0.4, -0.2) is 40.1 Å². The fourth-order valence-electron chi connectivity index (χ4n) is 3.38. The van der Waals surface area contributed by atoms with Crippen LogP contribution >= 0.6 is 11.3 Å². The van der Waals surface area contributed by atoms with Crippen LogP contribution in [0.3, 0.4) is 0 Å². The molecule has 2 fully saturated rings. The van der Waals surface area contributed by atoms with E-state index in [9.17, 15) is 4.79 Å². The summed E-state index contributed by atoms with van der Waals surface area (Å²) >= 11 is 1.48. The summed E-state index contributed by atoms with van der Waals surface area (Å²) in [6, 6.07) is 9.71. The van der Waals surface area contributed by atoms with Gasteiger partial charge in [0.15, 0.2) is 0 Å². The van der Waals surface area contributed by atoms with Crippen molar-refractivity contribution < 1.29 is 4.79 Å². The first kappa shape index (κ1) is 15.6. The van der Waals surface area contributed by atoms with Gasteiger partial charge in [0.1, 0.15) is 11.0 Å². The Hall–Kier alpha value is -1.95. The first-order valence-corrected chi connectivity index (χ1v) is 9.41. The molecule has 0 bridgehead atoms. The Kier molecular flexibility index (Phi) is 4.00. The molecule has 2 aliphatic rings. The molecular formula is C18H22N4OS. The van der Waals surface area contributed by atoms with Crippen molar-refractivity contribution in [2.24, 2.45) is 5.41 Å². The van der Waals surface area contributed by atoms with E-state index in [0.717, 1.165) is 23.7 Å². The van der Waals surface area contributed by atoms with Crippen molar-refractivity contribution in [1.82, 2.24) is 15.1 Å². The third-order valence-corrected chi connectivity index (χ3v) is 6.15. The lowest BCUT2D eigenvalue weighted by molar-refractivity contribution is -0.133. The van der Waals surface area contributed by atoms with E-state index in [-0.39, 0.29) is 11.9 Å². The highest BCUT2D eigenvalue weighted by atomic mass is 32.1. The first-order chi connectivity index (χ1) is 11.7. The number of nitrogens with one attached hydrogen (secondary N) is 1. The number of likely N-dealkylation sites (tertiary alicyclic amines) is 1. The van der Waals surface area contributed by atoms with Gasteiger partial charge in [0.05, 0.1) is 0 Å². The maximum Gasteiger partial charge on any atom is 0.244 e. The second kappa shape index (κ2) is 6.16. The molecule has 1 atom stereocenters. The molecule has 1 saturated carbocycles. The number of anilines is 1. The van der Waals surface area contributed by atoms with Crippen molar-refractivity contribution in [3.63, 3.8) is 0 Å². The van der Waals surface area contributed by atoms with Crippen LogP contribution in [0.15, 0.2) is 30.3 Å². The van der Waals surface area contributed by atoms with Crippen LogP contribution in [0.2, 0.25) is 0 Å². The second-order valence-electron chi connectivity index (χ2n) is 6.97. The molecule has 1 spiro atoms. The minimum atomic E-state index is -0.269. The number of hydrogen-bond donors (Lipinski definition) is 1. The van der Waals surface area contributed by atoms with Crippen LogP contribution in [0.4, 0.5) is 5.13 Å². The van der Waals surface area contributed by atoms with Gasteiger partial charge in [-0.2, -0.15) is 0 Å². The van der Waals surface area contributed by atoms with E-state index in [1.807, 2.05) is 42.2 Å². The quantitative estimate of drug-likeness (QED) is 0.925. The zero-order valence-corrected chi connectivity index (χ0v) is 14.7. The van der Waals surface area contributed by atoms with Crippen molar-refractivity contribution in [3.05, 3.63) is 30.3 Å². The molecule has 24 heavy (non-hydrogen) atoms. The Labute approximate surface area is 146 Å². The summed E-state index contributed by atoms with van der Waals surface area (Å²) in [5.74, 6) is 0.168. The average Bonchev–Trinajstić information content (AvgIpc) is 3.20. The predicted molar refractivity (Wildman–Crippen MR) is 95.9 cm³/mol.